The Morgan fingerprint density at radius 3 is 0.824 bits per heavy atom. The van der Waals surface area contributed by atoms with E-state index < -0.39 is 0 Å². The summed E-state index contributed by atoms with van der Waals surface area (Å²) in [5, 5.41) is 21.0. The summed E-state index contributed by atoms with van der Waals surface area (Å²) in [4.78, 5) is 0. The van der Waals surface area contributed by atoms with Crippen molar-refractivity contribution in [3.05, 3.63) is 57.6 Å². The van der Waals surface area contributed by atoms with Crippen molar-refractivity contribution in [3.63, 3.8) is 0 Å². The van der Waals surface area contributed by atoms with Crippen molar-refractivity contribution in [2.45, 2.75) is 130 Å². The van der Waals surface area contributed by atoms with E-state index in [4.69, 9.17) is 0 Å². The molecule has 0 saturated carbocycles. The Morgan fingerprint density at radius 2 is 0.647 bits per heavy atom. The molecule has 34 heavy (non-hydrogen) atoms. The quantitative estimate of drug-likeness (QED) is 0.432. The van der Waals surface area contributed by atoms with Crippen molar-refractivity contribution < 1.29 is 10.2 Å². The largest absolute Gasteiger partial charge is 0.508 e. The number of rotatable bonds is 5. The van der Waals surface area contributed by atoms with Crippen LogP contribution in [0.3, 0.4) is 0 Å². The molecule has 0 saturated heterocycles. The van der Waals surface area contributed by atoms with Crippen molar-refractivity contribution in [1.82, 2.24) is 0 Å². The van der Waals surface area contributed by atoms with Gasteiger partial charge in [0.15, 0.2) is 0 Å². The second-order valence-corrected chi connectivity index (χ2v) is 14.2. The van der Waals surface area contributed by atoms with Crippen LogP contribution in [0.15, 0.2) is 24.3 Å². The Hall–Kier alpha value is -1.96. The first-order chi connectivity index (χ1) is 15.2. The van der Waals surface area contributed by atoms with Gasteiger partial charge in [-0.25, -0.2) is 0 Å². The molecule has 190 valence electrons. The maximum absolute atomic E-state index is 10.5. The molecule has 2 aromatic rings. The average molecular weight is 467 g/mol. The van der Waals surface area contributed by atoms with Crippen molar-refractivity contribution in [3.8, 4) is 11.5 Å². The van der Waals surface area contributed by atoms with Gasteiger partial charge in [0, 0.05) is 0 Å². The summed E-state index contributed by atoms with van der Waals surface area (Å²) >= 11 is 0. The standard InChI is InChI=1S/C32H50O2/c1-29(2,3)25-17-21(33)18-26(30(4,5)6)23(25)15-13-14-16-24-27(31(7,8)9)19-22(34)20-28(24)32(10,11)12/h17-20,33-34H,13-16H2,1-12H3. The molecule has 2 nitrogen and oxygen atoms in total. The Balaban J connectivity index is 2.41. The van der Waals surface area contributed by atoms with Crippen molar-refractivity contribution in [1.29, 1.82) is 0 Å². The number of phenolic OH excluding ortho intramolecular Hbond substituents is 2. The molecule has 2 heteroatoms. The highest BCUT2D eigenvalue weighted by Crippen LogP contribution is 2.40. The van der Waals surface area contributed by atoms with E-state index in [0.29, 0.717) is 11.5 Å². The van der Waals surface area contributed by atoms with Gasteiger partial charge in [-0.2, -0.15) is 0 Å². The second kappa shape index (κ2) is 9.59. The van der Waals surface area contributed by atoms with Crippen LogP contribution in [-0.4, -0.2) is 10.2 Å². The predicted octanol–water partition coefficient (Wildman–Crippen LogP) is 8.85. The van der Waals surface area contributed by atoms with E-state index in [0.717, 1.165) is 25.7 Å². The first-order valence-corrected chi connectivity index (χ1v) is 13.0. The van der Waals surface area contributed by atoms with Crippen molar-refractivity contribution >= 4 is 0 Å². The summed E-state index contributed by atoms with van der Waals surface area (Å²) in [6.45, 7) is 26.8. The van der Waals surface area contributed by atoms with Crippen LogP contribution in [0, 0.1) is 0 Å². The zero-order valence-electron chi connectivity index (χ0n) is 24.0. The molecule has 0 spiro atoms. The van der Waals surface area contributed by atoms with Gasteiger partial charge in [0.25, 0.3) is 0 Å². The van der Waals surface area contributed by atoms with Gasteiger partial charge in [0.2, 0.25) is 0 Å². The molecule has 0 atom stereocenters. The van der Waals surface area contributed by atoms with Crippen molar-refractivity contribution in [2.24, 2.45) is 0 Å². The first-order valence-electron chi connectivity index (χ1n) is 13.0. The minimum atomic E-state index is -0.0240. The van der Waals surface area contributed by atoms with Gasteiger partial charge < -0.3 is 10.2 Å². The maximum atomic E-state index is 10.5. The van der Waals surface area contributed by atoms with E-state index >= 15 is 0 Å². The van der Waals surface area contributed by atoms with Crippen LogP contribution in [0.1, 0.15) is 129 Å². The SMILES string of the molecule is CC(C)(C)c1cc(O)cc(C(C)(C)C)c1CCCCc1c(C(C)(C)C)cc(O)cc1C(C)(C)C. The molecule has 0 aliphatic heterocycles. The average Bonchev–Trinajstić information content (AvgIpc) is 2.62. The van der Waals surface area contributed by atoms with Crippen LogP contribution >= 0.6 is 0 Å². The van der Waals surface area contributed by atoms with Gasteiger partial charge in [-0.1, -0.05) is 83.1 Å². The van der Waals surface area contributed by atoms with Crippen LogP contribution in [0.25, 0.3) is 0 Å². The van der Waals surface area contributed by atoms with E-state index in [1.165, 1.54) is 33.4 Å². The molecular weight excluding hydrogens is 416 g/mol. The lowest BCUT2D eigenvalue weighted by atomic mass is 9.74. The highest BCUT2D eigenvalue weighted by molar-refractivity contribution is 5.49. The number of benzene rings is 2. The third kappa shape index (κ3) is 6.80. The Morgan fingerprint density at radius 1 is 0.441 bits per heavy atom. The summed E-state index contributed by atoms with van der Waals surface area (Å²) in [5.41, 5.74) is 7.73. The normalized spacial score (nSPS) is 13.4. The molecule has 0 amide bonds. The smallest absolute Gasteiger partial charge is 0.116 e. The van der Waals surface area contributed by atoms with Crippen LogP contribution in [0.4, 0.5) is 0 Å². The fourth-order valence-corrected chi connectivity index (χ4v) is 5.13. The highest BCUT2D eigenvalue weighted by atomic mass is 16.3. The van der Waals surface area contributed by atoms with Gasteiger partial charge in [-0.3, -0.25) is 0 Å². The number of aromatic hydroxyl groups is 2. The molecular formula is C32H50O2. The van der Waals surface area contributed by atoms with Gasteiger partial charge in [-0.05, 0) is 105 Å². The maximum Gasteiger partial charge on any atom is 0.116 e. The van der Waals surface area contributed by atoms with Gasteiger partial charge in [-0.15, -0.1) is 0 Å². The van der Waals surface area contributed by atoms with Crippen LogP contribution < -0.4 is 0 Å². The summed E-state index contributed by atoms with van der Waals surface area (Å²) in [6.07, 6.45) is 4.19. The molecule has 2 rings (SSSR count). The molecule has 0 aliphatic carbocycles. The second-order valence-electron chi connectivity index (χ2n) is 14.2. The summed E-state index contributed by atoms with van der Waals surface area (Å²) in [7, 11) is 0. The minimum Gasteiger partial charge on any atom is -0.508 e. The van der Waals surface area contributed by atoms with Crippen LogP contribution in [-0.2, 0) is 34.5 Å². The Kier molecular flexibility index (Phi) is 7.98. The monoisotopic (exact) mass is 466 g/mol. The Bertz CT molecular complexity index is 846. The number of unbranched alkanes of at least 4 members (excludes halogenated alkanes) is 1. The lowest BCUT2D eigenvalue weighted by Crippen LogP contribution is -2.22. The molecule has 0 aromatic heterocycles. The highest BCUT2D eigenvalue weighted by Gasteiger charge is 2.28. The summed E-state index contributed by atoms with van der Waals surface area (Å²) < 4.78 is 0. The van der Waals surface area contributed by atoms with Crippen LogP contribution in [0.5, 0.6) is 11.5 Å². The van der Waals surface area contributed by atoms with E-state index in [9.17, 15) is 10.2 Å². The number of phenols is 2. The first kappa shape index (κ1) is 28.3. The topological polar surface area (TPSA) is 40.5 Å². The summed E-state index contributed by atoms with van der Waals surface area (Å²) in [5.74, 6) is 0.736. The van der Waals surface area contributed by atoms with Gasteiger partial charge in [0.1, 0.15) is 11.5 Å². The Labute approximate surface area is 209 Å². The van der Waals surface area contributed by atoms with Gasteiger partial charge in [0.05, 0.1) is 0 Å². The van der Waals surface area contributed by atoms with E-state index in [1.54, 1.807) is 0 Å². The van der Waals surface area contributed by atoms with Crippen molar-refractivity contribution in [2.75, 3.05) is 0 Å². The molecule has 0 radical (unpaired) electrons. The predicted molar refractivity (Wildman–Crippen MR) is 148 cm³/mol. The molecule has 0 unspecified atom stereocenters. The van der Waals surface area contributed by atoms with E-state index in [2.05, 4.69) is 83.1 Å². The zero-order chi connectivity index (χ0) is 26.3. The minimum absolute atomic E-state index is 0.0240. The molecule has 0 heterocycles. The summed E-state index contributed by atoms with van der Waals surface area (Å²) in [6, 6.07) is 7.89. The van der Waals surface area contributed by atoms with E-state index in [1.807, 2.05) is 24.3 Å². The molecule has 2 N–H and O–H groups in total. The molecule has 0 bridgehead atoms. The number of hydrogen-bond acceptors (Lipinski definition) is 2. The van der Waals surface area contributed by atoms with Crippen LogP contribution in [0.2, 0.25) is 0 Å². The third-order valence-corrected chi connectivity index (χ3v) is 6.80. The molecule has 0 fully saturated rings. The lowest BCUT2D eigenvalue weighted by Gasteiger charge is -2.31. The van der Waals surface area contributed by atoms with Gasteiger partial charge >= 0.3 is 0 Å². The number of hydrogen-bond donors (Lipinski definition) is 2. The fourth-order valence-electron chi connectivity index (χ4n) is 5.13. The third-order valence-electron chi connectivity index (χ3n) is 6.80. The lowest BCUT2D eigenvalue weighted by molar-refractivity contribution is 0.462. The van der Waals surface area contributed by atoms with E-state index in [-0.39, 0.29) is 21.7 Å². The fraction of sp³-hybridized carbons (Fsp3) is 0.625. The molecule has 2 aromatic carbocycles. The molecule has 0 aliphatic rings. The zero-order valence-corrected chi connectivity index (χ0v) is 24.0.